The van der Waals surface area contributed by atoms with E-state index in [4.69, 9.17) is 0 Å². The molecule has 102 valence electrons. The van der Waals surface area contributed by atoms with E-state index < -0.39 is 0 Å². The first-order valence-corrected chi connectivity index (χ1v) is 7.44. The van der Waals surface area contributed by atoms with Gasteiger partial charge in [-0.1, -0.05) is 12.1 Å². The number of nitrogens with zero attached hydrogens (tertiary/aromatic N) is 1. The average Bonchev–Trinajstić information content (AvgIpc) is 2.86. The van der Waals surface area contributed by atoms with E-state index in [1.807, 2.05) is 29.2 Å². The van der Waals surface area contributed by atoms with Crippen LogP contribution in [0.4, 0.5) is 0 Å². The Balaban J connectivity index is 2.02. The Morgan fingerprint density at radius 3 is 2.68 bits per heavy atom. The molecule has 1 N–H and O–H groups in total. The van der Waals surface area contributed by atoms with Gasteiger partial charge in [-0.3, -0.25) is 14.5 Å². The summed E-state index contributed by atoms with van der Waals surface area (Å²) < 4.78 is 1.11. The van der Waals surface area contributed by atoms with Gasteiger partial charge in [0.15, 0.2) is 5.78 Å². The lowest BCUT2D eigenvalue weighted by molar-refractivity contribution is -0.124. The van der Waals surface area contributed by atoms with E-state index in [0.29, 0.717) is 12.1 Å². The van der Waals surface area contributed by atoms with E-state index in [-0.39, 0.29) is 17.7 Å². The molecule has 1 aliphatic rings. The van der Waals surface area contributed by atoms with E-state index in [1.54, 1.807) is 7.05 Å². The Morgan fingerprint density at radius 1 is 1.37 bits per heavy atom. The number of likely N-dealkylation sites (tertiary alicyclic amines) is 1. The summed E-state index contributed by atoms with van der Waals surface area (Å²) in [6.45, 7) is 1.13. The van der Waals surface area contributed by atoms with Gasteiger partial charge >= 0.3 is 0 Å². The van der Waals surface area contributed by atoms with Gasteiger partial charge in [-0.2, -0.15) is 0 Å². The van der Waals surface area contributed by atoms with Crippen LogP contribution in [-0.4, -0.2) is 42.8 Å². The zero-order valence-corrected chi connectivity index (χ0v) is 13.0. The fraction of sp³-hybridized carbons (Fsp3) is 0.429. The van der Waals surface area contributed by atoms with Crippen molar-refractivity contribution in [1.82, 2.24) is 10.2 Å². The highest BCUT2D eigenvalue weighted by Gasteiger charge is 2.31. The van der Waals surface area contributed by atoms with Crippen molar-refractivity contribution in [3.63, 3.8) is 0 Å². The number of amides is 1. The molecule has 1 saturated heterocycles. The molecule has 0 aromatic heterocycles. The van der Waals surface area contributed by atoms with Crippen molar-refractivity contribution in [2.45, 2.75) is 18.9 Å². The fourth-order valence-electron chi connectivity index (χ4n) is 2.39. The molecular weight excluding hydrogens is 355 g/mol. The van der Waals surface area contributed by atoms with Crippen molar-refractivity contribution < 1.29 is 9.59 Å². The van der Waals surface area contributed by atoms with Gasteiger partial charge in [0.1, 0.15) is 0 Å². The second-order valence-electron chi connectivity index (χ2n) is 4.67. The molecule has 2 rings (SSSR count). The first-order valence-electron chi connectivity index (χ1n) is 6.36. The Kier molecular flexibility index (Phi) is 4.93. The Morgan fingerprint density at radius 2 is 2.05 bits per heavy atom. The summed E-state index contributed by atoms with van der Waals surface area (Å²) in [4.78, 5) is 25.9. The molecule has 1 unspecified atom stereocenters. The van der Waals surface area contributed by atoms with Crippen LogP contribution in [0, 0.1) is 3.57 Å². The van der Waals surface area contributed by atoms with Gasteiger partial charge in [-0.15, -0.1) is 0 Å². The van der Waals surface area contributed by atoms with Crippen LogP contribution in [0.25, 0.3) is 0 Å². The molecule has 1 amide bonds. The zero-order valence-electron chi connectivity index (χ0n) is 10.9. The van der Waals surface area contributed by atoms with E-state index in [1.165, 1.54) is 0 Å². The van der Waals surface area contributed by atoms with Crippen molar-refractivity contribution in [3.8, 4) is 0 Å². The molecule has 5 heteroatoms. The molecule has 0 bridgehead atoms. The molecule has 0 aliphatic carbocycles. The molecular formula is C14H17IN2O2. The lowest BCUT2D eigenvalue weighted by atomic mass is 10.1. The number of carbonyl (C=O) groups is 2. The van der Waals surface area contributed by atoms with Gasteiger partial charge in [0.25, 0.3) is 0 Å². The number of benzene rings is 1. The standard InChI is InChI=1S/C14H17IN2O2/c1-16-14(19)12-3-2-8-17(12)9-13(18)10-4-6-11(15)7-5-10/h4-7,12H,2-3,8-9H2,1H3,(H,16,19). The third kappa shape index (κ3) is 3.54. The van der Waals surface area contributed by atoms with Crippen molar-refractivity contribution in [3.05, 3.63) is 33.4 Å². The number of nitrogens with one attached hydrogen (secondary N) is 1. The number of Topliss-reactive ketones (excluding diaryl/α,β-unsaturated/α-hetero) is 1. The van der Waals surface area contributed by atoms with Crippen molar-refractivity contribution in [1.29, 1.82) is 0 Å². The van der Waals surface area contributed by atoms with Gasteiger partial charge < -0.3 is 5.32 Å². The van der Waals surface area contributed by atoms with Crippen LogP contribution in [0.2, 0.25) is 0 Å². The number of ketones is 1. The van der Waals surface area contributed by atoms with Crippen LogP contribution in [0.15, 0.2) is 24.3 Å². The summed E-state index contributed by atoms with van der Waals surface area (Å²) in [6, 6.07) is 7.38. The topological polar surface area (TPSA) is 49.4 Å². The maximum atomic E-state index is 12.2. The van der Waals surface area contributed by atoms with Crippen LogP contribution in [-0.2, 0) is 4.79 Å². The third-order valence-electron chi connectivity index (χ3n) is 3.43. The third-order valence-corrected chi connectivity index (χ3v) is 4.14. The maximum Gasteiger partial charge on any atom is 0.237 e. The summed E-state index contributed by atoms with van der Waals surface area (Å²) in [6.07, 6.45) is 1.80. The lowest BCUT2D eigenvalue weighted by Crippen LogP contribution is -2.43. The van der Waals surface area contributed by atoms with E-state index in [9.17, 15) is 9.59 Å². The van der Waals surface area contributed by atoms with Gasteiger partial charge in [-0.25, -0.2) is 0 Å². The quantitative estimate of drug-likeness (QED) is 0.647. The lowest BCUT2D eigenvalue weighted by Gasteiger charge is -2.22. The zero-order chi connectivity index (χ0) is 13.8. The molecule has 0 saturated carbocycles. The van der Waals surface area contributed by atoms with Crippen molar-refractivity contribution in [2.24, 2.45) is 0 Å². The van der Waals surface area contributed by atoms with E-state index in [0.717, 1.165) is 23.0 Å². The largest absolute Gasteiger partial charge is 0.358 e. The van der Waals surface area contributed by atoms with Crippen LogP contribution >= 0.6 is 22.6 Å². The maximum absolute atomic E-state index is 12.2. The Hall–Kier alpha value is -0.950. The highest BCUT2D eigenvalue weighted by Crippen LogP contribution is 2.18. The summed E-state index contributed by atoms with van der Waals surface area (Å²) >= 11 is 2.21. The highest BCUT2D eigenvalue weighted by molar-refractivity contribution is 14.1. The SMILES string of the molecule is CNC(=O)C1CCCN1CC(=O)c1ccc(I)cc1. The van der Waals surface area contributed by atoms with Crippen LogP contribution < -0.4 is 5.32 Å². The van der Waals surface area contributed by atoms with Crippen LogP contribution in [0.5, 0.6) is 0 Å². The summed E-state index contributed by atoms with van der Waals surface area (Å²) in [5, 5.41) is 2.66. The predicted molar refractivity (Wildman–Crippen MR) is 82.2 cm³/mol. The molecule has 1 aromatic rings. The predicted octanol–water partition coefficient (Wildman–Crippen LogP) is 1.68. The molecule has 1 aliphatic heterocycles. The van der Waals surface area contributed by atoms with Crippen LogP contribution in [0.3, 0.4) is 0 Å². The number of likely N-dealkylation sites (N-methyl/N-ethyl adjacent to an activating group) is 1. The average molecular weight is 372 g/mol. The minimum atomic E-state index is -0.155. The van der Waals surface area contributed by atoms with Gasteiger partial charge in [-0.05, 0) is 54.1 Å². The normalized spacial score (nSPS) is 19.4. The van der Waals surface area contributed by atoms with Gasteiger partial charge in [0, 0.05) is 16.2 Å². The highest BCUT2D eigenvalue weighted by atomic mass is 127. The van der Waals surface area contributed by atoms with Crippen molar-refractivity contribution in [2.75, 3.05) is 20.1 Å². The Bertz CT molecular complexity index is 473. The smallest absolute Gasteiger partial charge is 0.237 e. The second-order valence-corrected chi connectivity index (χ2v) is 5.92. The minimum Gasteiger partial charge on any atom is -0.358 e. The first-order chi connectivity index (χ1) is 9.11. The van der Waals surface area contributed by atoms with Crippen molar-refractivity contribution >= 4 is 34.3 Å². The van der Waals surface area contributed by atoms with E-state index >= 15 is 0 Å². The summed E-state index contributed by atoms with van der Waals surface area (Å²) in [5.41, 5.74) is 0.711. The molecule has 1 fully saturated rings. The molecule has 0 spiro atoms. The molecule has 19 heavy (non-hydrogen) atoms. The molecule has 1 heterocycles. The minimum absolute atomic E-state index is 0.00732. The number of hydrogen-bond donors (Lipinski definition) is 1. The number of rotatable bonds is 4. The monoisotopic (exact) mass is 372 g/mol. The van der Waals surface area contributed by atoms with E-state index in [2.05, 4.69) is 27.9 Å². The molecule has 1 atom stereocenters. The molecule has 4 nitrogen and oxygen atoms in total. The number of halogens is 1. The fourth-order valence-corrected chi connectivity index (χ4v) is 2.75. The molecule has 1 aromatic carbocycles. The second kappa shape index (κ2) is 6.47. The molecule has 0 radical (unpaired) electrons. The van der Waals surface area contributed by atoms with Gasteiger partial charge in [0.05, 0.1) is 12.6 Å². The first kappa shape index (κ1) is 14.5. The number of carbonyl (C=O) groups excluding carboxylic acids is 2. The summed E-state index contributed by atoms with van der Waals surface area (Å²) in [7, 11) is 1.64. The van der Waals surface area contributed by atoms with Crippen LogP contribution in [0.1, 0.15) is 23.2 Å². The van der Waals surface area contributed by atoms with Gasteiger partial charge in [0.2, 0.25) is 5.91 Å². The Labute approximate surface area is 126 Å². The number of hydrogen-bond acceptors (Lipinski definition) is 3. The summed E-state index contributed by atoms with van der Waals surface area (Å²) in [5.74, 6) is 0.0834.